The van der Waals surface area contributed by atoms with Crippen molar-refractivity contribution in [2.45, 2.75) is 60.5 Å². The monoisotopic (exact) mass is 430 g/mol. The SMILES string of the molecule is CCCCn1nc(C)c2c(C(=O)Nc3c(C)nn(Cc4ccccc4)c3C)cc(C)nc21. The number of aromatic nitrogens is 5. The maximum Gasteiger partial charge on any atom is 0.256 e. The first-order valence-electron chi connectivity index (χ1n) is 11.1. The van der Waals surface area contributed by atoms with Crippen LogP contribution in [0.3, 0.4) is 0 Å². The minimum atomic E-state index is -0.163. The van der Waals surface area contributed by atoms with Crippen LogP contribution in [-0.2, 0) is 13.1 Å². The molecule has 166 valence electrons. The van der Waals surface area contributed by atoms with Crippen molar-refractivity contribution in [1.29, 1.82) is 0 Å². The van der Waals surface area contributed by atoms with Gasteiger partial charge in [-0.05, 0) is 45.7 Å². The third kappa shape index (κ3) is 4.15. The van der Waals surface area contributed by atoms with Crippen LogP contribution in [0.2, 0.25) is 0 Å². The number of nitrogens with one attached hydrogen (secondary N) is 1. The van der Waals surface area contributed by atoms with Gasteiger partial charge in [-0.1, -0.05) is 43.7 Å². The zero-order valence-corrected chi connectivity index (χ0v) is 19.4. The highest BCUT2D eigenvalue weighted by atomic mass is 16.1. The quantitative estimate of drug-likeness (QED) is 0.449. The van der Waals surface area contributed by atoms with E-state index >= 15 is 0 Å². The van der Waals surface area contributed by atoms with Gasteiger partial charge in [0.05, 0.1) is 40.3 Å². The van der Waals surface area contributed by atoms with Crippen molar-refractivity contribution < 1.29 is 4.79 Å². The van der Waals surface area contributed by atoms with Crippen LogP contribution in [0.5, 0.6) is 0 Å². The normalized spacial score (nSPS) is 11.3. The number of carbonyl (C=O) groups is 1. The average Bonchev–Trinajstić information content (AvgIpc) is 3.22. The molecule has 0 spiro atoms. The molecule has 1 aromatic carbocycles. The standard InChI is InChI=1S/C25H30N6O/c1-6-7-13-30-24-22(17(3)28-30)21(14-16(2)26-24)25(32)27-23-18(4)29-31(19(23)5)15-20-11-9-8-10-12-20/h8-12,14H,6-7,13,15H2,1-5H3,(H,27,32). The first kappa shape index (κ1) is 21.7. The van der Waals surface area contributed by atoms with E-state index < -0.39 is 0 Å². The van der Waals surface area contributed by atoms with Crippen LogP contribution in [-0.4, -0.2) is 30.5 Å². The lowest BCUT2D eigenvalue weighted by molar-refractivity contribution is 0.102. The van der Waals surface area contributed by atoms with E-state index in [9.17, 15) is 4.79 Å². The van der Waals surface area contributed by atoms with Crippen molar-refractivity contribution in [2.75, 3.05) is 5.32 Å². The number of hydrogen-bond acceptors (Lipinski definition) is 4. The van der Waals surface area contributed by atoms with Gasteiger partial charge in [0.25, 0.3) is 5.91 Å². The van der Waals surface area contributed by atoms with Gasteiger partial charge in [-0.2, -0.15) is 10.2 Å². The van der Waals surface area contributed by atoms with Crippen LogP contribution in [0.1, 0.15) is 58.5 Å². The summed E-state index contributed by atoms with van der Waals surface area (Å²) < 4.78 is 3.86. The molecule has 0 saturated carbocycles. The Morgan fingerprint density at radius 1 is 1.00 bits per heavy atom. The van der Waals surface area contributed by atoms with Crippen molar-refractivity contribution in [2.24, 2.45) is 0 Å². The third-order valence-corrected chi connectivity index (χ3v) is 5.77. The van der Waals surface area contributed by atoms with E-state index in [1.165, 1.54) is 0 Å². The van der Waals surface area contributed by atoms with Gasteiger partial charge in [-0.3, -0.25) is 9.48 Å². The molecule has 1 amide bonds. The summed E-state index contributed by atoms with van der Waals surface area (Å²) in [5.41, 5.74) is 6.63. The predicted octanol–water partition coefficient (Wildman–Crippen LogP) is 4.96. The zero-order valence-electron chi connectivity index (χ0n) is 19.4. The molecule has 0 aliphatic carbocycles. The largest absolute Gasteiger partial charge is 0.319 e. The van der Waals surface area contributed by atoms with Crippen LogP contribution in [0.25, 0.3) is 11.0 Å². The highest BCUT2D eigenvalue weighted by molar-refractivity contribution is 6.13. The minimum Gasteiger partial charge on any atom is -0.319 e. The van der Waals surface area contributed by atoms with E-state index in [1.807, 2.05) is 61.3 Å². The topological polar surface area (TPSA) is 77.6 Å². The van der Waals surface area contributed by atoms with Crippen LogP contribution in [0.4, 0.5) is 5.69 Å². The van der Waals surface area contributed by atoms with Crippen molar-refractivity contribution in [3.8, 4) is 0 Å². The van der Waals surface area contributed by atoms with Crippen molar-refractivity contribution in [3.05, 3.63) is 70.3 Å². The fourth-order valence-electron chi connectivity index (χ4n) is 4.09. The van der Waals surface area contributed by atoms with Gasteiger partial charge in [0.15, 0.2) is 5.65 Å². The first-order chi connectivity index (χ1) is 15.4. The third-order valence-electron chi connectivity index (χ3n) is 5.77. The Hall–Kier alpha value is -3.48. The average molecular weight is 431 g/mol. The Labute approximate surface area is 188 Å². The fraction of sp³-hybridized carbons (Fsp3) is 0.360. The number of amides is 1. The van der Waals surface area contributed by atoms with Crippen molar-refractivity contribution in [1.82, 2.24) is 24.5 Å². The van der Waals surface area contributed by atoms with Crippen LogP contribution in [0, 0.1) is 27.7 Å². The van der Waals surface area contributed by atoms with Crippen LogP contribution >= 0.6 is 0 Å². The molecule has 0 aliphatic heterocycles. The van der Waals surface area contributed by atoms with E-state index in [0.717, 1.165) is 64.4 Å². The van der Waals surface area contributed by atoms with E-state index in [-0.39, 0.29) is 5.91 Å². The maximum absolute atomic E-state index is 13.4. The lowest BCUT2D eigenvalue weighted by atomic mass is 10.1. The molecule has 0 fully saturated rings. The Morgan fingerprint density at radius 3 is 2.44 bits per heavy atom. The van der Waals surface area contributed by atoms with E-state index in [0.29, 0.717) is 12.1 Å². The lowest BCUT2D eigenvalue weighted by Crippen LogP contribution is -2.15. The van der Waals surface area contributed by atoms with Gasteiger partial charge in [0, 0.05) is 12.2 Å². The van der Waals surface area contributed by atoms with E-state index in [1.54, 1.807) is 0 Å². The van der Waals surface area contributed by atoms with Gasteiger partial charge in [0.2, 0.25) is 0 Å². The van der Waals surface area contributed by atoms with Crippen molar-refractivity contribution in [3.63, 3.8) is 0 Å². The molecule has 7 heteroatoms. The van der Waals surface area contributed by atoms with Crippen LogP contribution in [0.15, 0.2) is 36.4 Å². The van der Waals surface area contributed by atoms with Crippen molar-refractivity contribution >= 4 is 22.6 Å². The highest BCUT2D eigenvalue weighted by Crippen LogP contribution is 2.26. The summed E-state index contributed by atoms with van der Waals surface area (Å²) in [6.07, 6.45) is 2.09. The summed E-state index contributed by atoms with van der Waals surface area (Å²) in [5, 5.41) is 13.3. The molecular weight excluding hydrogens is 400 g/mol. The maximum atomic E-state index is 13.4. The van der Waals surface area contributed by atoms with Gasteiger partial charge in [-0.25, -0.2) is 9.67 Å². The van der Waals surface area contributed by atoms with E-state index in [4.69, 9.17) is 0 Å². The molecule has 4 aromatic rings. The molecule has 0 unspecified atom stereocenters. The number of pyridine rings is 1. The van der Waals surface area contributed by atoms with Gasteiger partial charge in [0.1, 0.15) is 0 Å². The zero-order chi connectivity index (χ0) is 22.8. The Kier molecular flexibility index (Phi) is 6.08. The summed E-state index contributed by atoms with van der Waals surface area (Å²) in [7, 11) is 0. The first-order valence-corrected chi connectivity index (χ1v) is 11.1. The molecule has 1 N–H and O–H groups in total. The molecule has 4 rings (SSSR count). The van der Waals surface area contributed by atoms with Gasteiger partial charge in [-0.15, -0.1) is 0 Å². The van der Waals surface area contributed by atoms with E-state index in [2.05, 4.69) is 39.6 Å². The molecule has 0 aliphatic rings. The highest BCUT2D eigenvalue weighted by Gasteiger charge is 2.21. The number of carbonyl (C=O) groups excluding carboxylic acids is 1. The fourth-order valence-corrected chi connectivity index (χ4v) is 4.09. The second kappa shape index (κ2) is 8.94. The molecule has 0 radical (unpaired) electrons. The number of anilines is 1. The Morgan fingerprint density at radius 2 is 1.72 bits per heavy atom. The molecular formula is C25H30N6O. The summed E-state index contributed by atoms with van der Waals surface area (Å²) in [6.45, 7) is 11.4. The summed E-state index contributed by atoms with van der Waals surface area (Å²) in [5.74, 6) is -0.163. The predicted molar refractivity (Wildman–Crippen MR) is 127 cm³/mol. The molecule has 3 heterocycles. The molecule has 0 saturated heterocycles. The number of benzene rings is 1. The second-order valence-electron chi connectivity index (χ2n) is 8.32. The molecule has 32 heavy (non-hydrogen) atoms. The number of nitrogens with zero attached hydrogens (tertiary/aromatic N) is 5. The number of aryl methyl sites for hydroxylation is 4. The Balaban J connectivity index is 1.67. The van der Waals surface area contributed by atoms with Gasteiger partial charge < -0.3 is 5.32 Å². The minimum absolute atomic E-state index is 0.163. The summed E-state index contributed by atoms with van der Waals surface area (Å²) >= 11 is 0. The van der Waals surface area contributed by atoms with Crippen LogP contribution < -0.4 is 5.32 Å². The second-order valence-corrected chi connectivity index (χ2v) is 8.32. The number of hydrogen-bond donors (Lipinski definition) is 1. The molecule has 3 aromatic heterocycles. The number of rotatable bonds is 7. The Bertz CT molecular complexity index is 1270. The number of fused-ring (bicyclic) bond motifs is 1. The lowest BCUT2D eigenvalue weighted by Gasteiger charge is -2.09. The summed E-state index contributed by atoms with van der Waals surface area (Å²) in [4.78, 5) is 18.1. The smallest absolute Gasteiger partial charge is 0.256 e. The summed E-state index contributed by atoms with van der Waals surface area (Å²) in [6, 6.07) is 12.0. The molecule has 0 bridgehead atoms. The molecule has 7 nitrogen and oxygen atoms in total. The molecule has 0 atom stereocenters. The van der Waals surface area contributed by atoms with Gasteiger partial charge >= 0.3 is 0 Å². The number of unbranched alkanes of at least 4 members (excludes halogenated alkanes) is 1.